The normalized spacial score (nSPS) is 22.7. The third kappa shape index (κ3) is 3.35. The highest BCUT2D eigenvalue weighted by molar-refractivity contribution is 7.90. The van der Waals surface area contributed by atoms with Crippen molar-refractivity contribution in [3.05, 3.63) is 35.4 Å². The van der Waals surface area contributed by atoms with Gasteiger partial charge in [-0.3, -0.25) is 0 Å². The third-order valence-corrected chi connectivity index (χ3v) is 4.82. The first-order chi connectivity index (χ1) is 8.92. The summed E-state index contributed by atoms with van der Waals surface area (Å²) in [5.41, 5.74) is 2.69. The molecule has 0 saturated heterocycles. The van der Waals surface area contributed by atoms with Gasteiger partial charge >= 0.3 is 0 Å². The second-order valence-electron chi connectivity index (χ2n) is 5.35. The first-order valence-corrected chi connectivity index (χ1v) is 8.61. The number of likely N-dealkylation sites (N-methyl/N-ethyl adjacent to an activating group) is 2. The van der Waals surface area contributed by atoms with Crippen LogP contribution >= 0.6 is 0 Å². The summed E-state index contributed by atoms with van der Waals surface area (Å²) in [5.74, 6) is 0.215. The zero-order valence-corrected chi connectivity index (χ0v) is 12.6. The van der Waals surface area contributed by atoms with E-state index in [-0.39, 0.29) is 11.8 Å². The molecule has 106 valence electrons. The molecule has 0 spiro atoms. The highest BCUT2D eigenvalue weighted by Crippen LogP contribution is 2.33. The third-order valence-electron chi connectivity index (χ3n) is 3.90. The minimum Gasteiger partial charge on any atom is -0.312 e. The quantitative estimate of drug-likeness (QED) is 0.870. The van der Waals surface area contributed by atoms with E-state index in [1.165, 1.54) is 17.4 Å². The molecule has 2 unspecified atom stereocenters. The summed E-state index contributed by atoms with van der Waals surface area (Å²) in [6.45, 7) is 0.579. The molecule has 0 radical (unpaired) electrons. The lowest BCUT2D eigenvalue weighted by Crippen LogP contribution is -2.41. The van der Waals surface area contributed by atoms with Gasteiger partial charge < -0.3 is 10.2 Å². The number of hydrogen-bond acceptors (Lipinski definition) is 4. The van der Waals surface area contributed by atoms with Gasteiger partial charge in [0.15, 0.2) is 0 Å². The van der Waals surface area contributed by atoms with Gasteiger partial charge in [0.25, 0.3) is 0 Å². The van der Waals surface area contributed by atoms with Crippen molar-refractivity contribution in [1.29, 1.82) is 0 Å². The molecule has 1 N–H and O–H groups in total. The van der Waals surface area contributed by atoms with E-state index < -0.39 is 9.84 Å². The van der Waals surface area contributed by atoms with Crippen molar-refractivity contribution in [3.8, 4) is 0 Å². The number of fused-ring (bicyclic) bond motifs is 1. The van der Waals surface area contributed by atoms with Crippen molar-refractivity contribution in [2.24, 2.45) is 0 Å². The van der Waals surface area contributed by atoms with Gasteiger partial charge in [-0.25, -0.2) is 8.42 Å². The number of hydrogen-bond donors (Lipinski definition) is 1. The molecule has 4 nitrogen and oxygen atoms in total. The lowest BCUT2D eigenvalue weighted by Gasteiger charge is -2.29. The maximum Gasteiger partial charge on any atom is 0.148 e. The highest BCUT2D eigenvalue weighted by Gasteiger charge is 2.33. The SMILES string of the molecule is CNC1c2ccccc2CC1N(C)CCS(C)(=O)=O. The maximum atomic E-state index is 11.3. The smallest absolute Gasteiger partial charge is 0.148 e. The molecule has 0 fully saturated rings. The molecule has 0 aromatic heterocycles. The van der Waals surface area contributed by atoms with Crippen LogP contribution in [0.2, 0.25) is 0 Å². The summed E-state index contributed by atoms with van der Waals surface area (Å²) in [5, 5.41) is 3.36. The van der Waals surface area contributed by atoms with Crippen LogP contribution in [0.3, 0.4) is 0 Å². The standard InChI is InChI=1S/C14H22N2O2S/c1-15-14-12-7-5-4-6-11(12)10-13(14)16(2)8-9-19(3,17)18/h4-7,13-15H,8-10H2,1-3H3. The minimum absolute atomic E-state index is 0.215. The lowest BCUT2D eigenvalue weighted by molar-refractivity contribution is 0.219. The van der Waals surface area contributed by atoms with Crippen molar-refractivity contribution in [3.63, 3.8) is 0 Å². The average molecular weight is 282 g/mol. The molecule has 2 atom stereocenters. The van der Waals surface area contributed by atoms with Crippen LogP contribution in [0.25, 0.3) is 0 Å². The van der Waals surface area contributed by atoms with Crippen LogP contribution in [0.1, 0.15) is 17.2 Å². The Morgan fingerprint density at radius 3 is 2.68 bits per heavy atom. The summed E-state index contributed by atoms with van der Waals surface area (Å²) < 4.78 is 22.6. The first kappa shape index (κ1) is 14.5. The Balaban J connectivity index is 2.10. The zero-order valence-electron chi connectivity index (χ0n) is 11.8. The van der Waals surface area contributed by atoms with E-state index in [9.17, 15) is 8.42 Å². The molecule has 5 heteroatoms. The summed E-state index contributed by atoms with van der Waals surface area (Å²) in [6.07, 6.45) is 2.27. The fourth-order valence-corrected chi connectivity index (χ4v) is 3.43. The molecule has 0 aliphatic heterocycles. The summed E-state index contributed by atoms with van der Waals surface area (Å²) in [4.78, 5) is 2.15. The Kier molecular flexibility index (Phi) is 4.28. The van der Waals surface area contributed by atoms with Gasteiger partial charge in [-0.1, -0.05) is 24.3 Å². The number of sulfone groups is 1. The highest BCUT2D eigenvalue weighted by atomic mass is 32.2. The molecular formula is C14H22N2O2S. The van der Waals surface area contributed by atoms with Gasteiger partial charge in [0.2, 0.25) is 0 Å². The van der Waals surface area contributed by atoms with Crippen molar-refractivity contribution < 1.29 is 8.42 Å². The van der Waals surface area contributed by atoms with Crippen LogP contribution in [-0.2, 0) is 16.3 Å². The predicted molar refractivity (Wildman–Crippen MR) is 78.1 cm³/mol. The molecule has 1 aromatic carbocycles. The molecule has 0 amide bonds. The summed E-state index contributed by atoms with van der Waals surface area (Å²) in [7, 11) is 1.07. The van der Waals surface area contributed by atoms with Gasteiger partial charge in [0, 0.05) is 24.9 Å². The van der Waals surface area contributed by atoms with E-state index in [1.807, 2.05) is 14.1 Å². The van der Waals surface area contributed by atoms with E-state index in [4.69, 9.17) is 0 Å². The van der Waals surface area contributed by atoms with Gasteiger partial charge in [0.05, 0.1) is 5.75 Å². The Morgan fingerprint density at radius 2 is 2.05 bits per heavy atom. The minimum atomic E-state index is -2.90. The molecule has 0 heterocycles. The van der Waals surface area contributed by atoms with Crippen LogP contribution in [0.4, 0.5) is 0 Å². The number of nitrogens with one attached hydrogen (secondary N) is 1. The summed E-state index contributed by atoms with van der Waals surface area (Å²) >= 11 is 0. The molecule has 2 rings (SSSR count). The molecule has 1 aliphatic carbocycles. The van der Waals surface area contributed by atoms with E-state index in [0.717, 1.165) is 6.42 Å². The Labute approximate surface area is 115 Å². The number of nitrogens with zero attached hydrogens (tertiary/aromatic N) is 1. The molecule has 0 bridgehead atoms. The topological polar surface area (TPSA) is 49.4 Å². The second kappa shape index (κ2) is 5.61. The van der Waals surface area contributed by atoms with E-state index >= 15 is 0 Å². The Morgan fingerprint density at radius 1 is 1.37 bits per heavy atom. The van der Waals surface area contributed by atoms with E-state index in [2.05, 4.69) is 34.5 Å². The fourth-order valence-electron chi connectivity index (χ4n) is 2.81. The van der Waals surface area contributed by atoms with Gasteiger partial charge in [0.1, 0.15) is 9.84 Å². The van der Waals surface area contributed by atoms with Crippen LogP contribution in [-0.4, -0.2) is 52.0 Å². The lowest BCUT2D eigenvalue weighted by atomic mass is 10.1. The monoisotopic (exact) mass is 282 g/mol. The van der Waals surface area contributed by atoms with Crippen molar-refractivity contribution in [2.75, 3.05) is 32.6 Å². The molecule has 19 heavy (non-hydrogen) atoms. The second-order valence-corrected chi connectivity index (χ2v) is 7.61. The number of benzene rings is 1. The van der Waals surface area contributed by atoms with Crippen LogP contribution in [0.5, 0.6) is 0 Å². The zero-order chi connectivity index (χ0) is 14.0. The van der Waals surface area contributed by atoms with Gasteiger partial charge in [-0.2, -0.15) is 0 Å². The predicted octanol–water partition coefficient (Wildman–Crippen LogP) is 0.848. The maximum absolute atomic E-state index is 11.3. The molecule has 1 aliphatic rings. The van der Waals surface area contributed by atoms with E-state index in [1.54, 1.807) is 0 Å². The number of rotatable bonds is 5. The first-order valence-electron chi connectivity index (χ1n) is 6.55. The van der Waals surface area contributed by atoms with Crippen molar-refractivity contribution in [1.82, 2.24) is 10.2 Å². The van der Waals surface area contributed by atoms with Crippen LogP contribution in [0, 0.1) is 0 Å². The van der Waals surface area contributed by atoms with Gasteiger partial charge in [-0.05, 0) is 31.6 Å². The summed E-state index contributed by atoms with van der Waals surface area (Å²) in [6, 6.07) is 9.03. The average Bonchev–Trinajstić information content (AvgIpc) is 2.73. The van der Waals surface area contributed by atoms with Crippen LogP contribution < -0.4 is 5.32 Å². The van der Waals surface area contributed by atoms with Crippen LogP contribution in [0.15, 0.2) is 24.3 Å². The molecule has 1 aromatic rings. The van der Waals surface area contributed by atoms with Crippen molar-refractivity contribution >= 4 is 9.84 Å². The van der Waals surface area contributed by atoms with E-state index in [0.29, 0.717) is 12.6 Å². The molecule has 0 saturated carbocycles. The Bertz CT molecular complexity index is 542. The van der Waals surface area contributed by atoms with Gasteiger partial charge in [-0.15, -0.1) is 0 Å². The van der Waals surface area contributed by atoms with Crippen molar-refractivity contribution in [2.45, 2.75) is 18.5 Å². The fraction of sp³-hybridized carbons (Fsp3) is 0.571. The Hall–Kier alpha value is -0.910. The largest absolute Gasteiger partial charge is 0.312 e. The molecular weight excluding hydrogens is 260 g/mol.